The second kappa shape index (κ2) is 13.2. The summed E-state index contributed by atoms with van der Waals surface area (Å²) in [5.41, 5.74) is 0.847. The molecule has 1 aromatic heterocycles. The third-order valence-electron chi connectivity index (χ3n) is 4.21. The van der Waals surface area contributed by atoms with Crippen LogP contribution in [0.1, 0.15) is 19.8 Å². The molecular weight excluding hydrogens is 390 g/mol. The number of aromatic nitrogens is 1. The van der Waals surface area contributed by atoms with Crippen molar-refractivity contribution >= 4 is 27.8 Å². The first-order valence-corrected chi connectivity index (χ1v) is 10.9. The molecule has 7 heteroatoms. The molecule has 1 heterocycles. The Morgan fingerprint density at radius 2 is 1.86 bits per heavy atom. The third kappa shape index (κ3) is 7.68. The summed E-state index contributed by atoms with van der Waals surface area (Å²) in [6, 6.07) is 9.36. The largest absolute Gasteiger partial charge is 0.490 e. The van der Waals surface area contributed by atoms with Gasteiger partial charge in [-0.05, 0) is 24.6 Å². The van der Waals surface area contributed by atoms with Crippen LogP contribution in [-0.4, -0.2) is 48.5 Å². The summed E-state index contributed by atoms with van der Waals surface area (Å²) in [5.74, 6) is 1.19. The maximum absolute atomic E-state index is 12.5. The second-order valence-corrected chi connectivity index (χ2v) is 7.41. The minimum Gasteiger partial charge on any atom is -0.490 e. The van der Waals surface area contributed by atoms with E-state index in [2.05, 4.69) is 13.5 Å². The Morgan fingerprint density at radius 1 is 1.14 bits per heavy atom. The van der Waals surface area contributed by atoms with Crippen molar-refractivity contribution in [1.82, 2.24) is 4.57 Å². The van der Waals surface area contributed by atoms with Crippen LogP contribution in [0.5, 0.6) is 5.75 Å². The lowest BCUT2D eigenvalue weighted by molar-refractivity contribution is -0.107. The number of benzene rings is 1. The van der Waals surface area contributed by atoms with Gasteiger partial charge in [0.25, 0.3) is 5.56 Å². The molecule has 158 valence electrons. The Bertz CT molecular complexity index is 849. The monoisotopic (exact) mass is 419 g/mol. The van der Waals surface area contributed by atoms with Crippen molar-refractivity contribution < 1.29 is 19.0 Å². The van der Waals surface area contributed by atoms with Gasteiger partial charge in [0.05, 0.1) is 31.9 Å². The molecular formula is C22H29NO5S. The molecule has 0 radical (unpaired) electrons. The van der Waals surface area contributed by atoms with E-state index < -0.39 is 0 Å². The highest BCUT2D eigenvalue weighted by Gasteiger charge is 2.09. The molecule has 0 unspecified atom stereocenters. The Labute approximate surface area is 175 Å². The van der Waals surface area contributed by atoms with Crippen molar-refractivity contribution in [3.05, 3.63) is 53.3 Å². The molecule has 2 rings (SSSR count). The fourth-order valence-corrected chi connectivity index (χ4v) is 3.28. The number of pyridine rings is 1. The summed E-state index contributed by atoms with van der Waals surface area (Å²) in [7, 11) is 0. The zero-order valence-electron chi connectivity index (χ0n) is 16.9. The van der Waals surface area contributed by atoms with Crippen LogP contribution >= 0.6 is 11.8 Å². The van der Waals surface area contributed by atoms with Crippen molar-refractivity contribution in [2.75, 3.05) is 38.8 Å². The molecule has 6 nitrogen and oxygen atoms in total. The van der Waals surface area contributed by atoms with Gasteiger partial charge in [0.15, 0.2) is 0 Å². The van der Waals surface area contributed by atoms with E-state index in [1.165, 1.54) is 17.8 Å². The number of rotatable bonds is 14. The highest BCUT2D eigenvalue weighted by molar-refractivity contribution is 8.14. The molecule has 0 saturated carbocycles. The number of carbonyl (C=O) groups excluding carboxylic acids is 1. The Morgan fingerprint density at radius 3 is 2.62 bits per heavy atom. The molecule has 0 fully saturated rings. The average molecular weight is 420 g/mol. The Balaban J connectivity index is 1.75. The number of aryl methyl sites for hydroxylation is 1. The minimum atomic E-state index is -0.0486. The van der Waals surface area contributed by atoms with Crippen molar-refractivity contribution in [3.63, 3.8) is 0 Å². The fourth-order valence-electron chi connectivity index (χ4n) is 2.76. The molecule has 0 saturated heterocycles. The number of nitrogens with zero attached hydrogens (tertiary/aromatic N) is 1. The van der Waals surface area contributed by atoms with Gasteiger partial charge in [-0.1, -0.05) is 43.8 Å². The predicted molar refractivity (Wildman–Crippen MR) is 118 cm³/mol. The van der Waals surface area contributed by atoms with Gasteiger partial charge in [-0.15, -0.1) is 0 Å². The summed E-state index contributed by atoms with van der Waals surface area (Å²) in [5, 5.41) is 0.880. The van der Waals surface area contributed by atoms with Gasteiger partial charge >= 0.3 is 0 Å². The first-order chi connectivity index (χ1) is 14.2. The maximum Gasteiger partial charge on any atom is 0.254 e. The summed E-state index contributed by atoms with van der Waals surface area (Å²) >= 11 is 1.18. The zero-order valence-corrected chi connectivity index (χ0v) is 17.7. The topological polar surface area (TPSA) is 66.8 Å². The lowest BCUT2D eigenvalue weighted by Crippen LogP contribution is -2.21. The van der Waals surface area contributed by atoms with Gasteiger partial charge in [0.2, 0.25) is 5.12 Å². The molecule has 0 aliphatic rings. The highest BCUT2D eigenvalue weighted by atomic mass is 32.2. The Kier molecular flexibility index (Phi) is 10.5. The zero-order chi connectivity index (χ0) is 20.9. The summed E-state index contributed by atoms with van der Waals surface area (Å²) in [4.78, 5) is 23.5. The number of para-hydroxylation sites is 1. The van der Waals surface area contributed by atoms with Gasteiger partial charge in [-0.25, -0.2) is 0 Å². The third-order valence-corrected chi connectivity index (χ3v) is 5.03. The molecule has 1 aromatic carbocycles. The summed E-state index contributed by atoms with van der Waals surface area (Å²) in [6.45, 7) is 8.38. The van der Waals surface area contributed by atoms with E-state index in [4.69, 9.17) is 14.2 Å². The predicted octanol–water partition coefficient (Wildman–Crippen LogP) is 3.66. The van der Waals surface area contributed by atoms with E-state index in [-0.39, 0.29) is 10.7 Å². The molecule has 0 aliphatic heterocycles. The lowest BCUT2D eigenvalue weighted by atomic mass is 10.2. The highest BCUT2D eigenvalue weighted by Crippen LogP contribution is 2.23. The van der Waals surface area contributed by atoms with E-state index in [9.17, 15) is 9.59 Å². The van der Waals surface area contributed by atoms with E-state index in [1.54, 1.807) is 10.6 Å². The molecule has 29 heavy (non-hydrogen) atoms. The number of fused-ring (bicyclic) bond motifs is 1. The van der Waals surface area contributed by atoms with E-state index in [0.717, 1.165) is 23.7 Å². The second-order valence-electron chi connectivity index (χ2n) is 6.31. The normalized spacial score (nSPS) is 10.9. The first-order valence-electron chi connectivity index (χ1n) is 9.87. The lowest BCUT2D eigenvalue weighted by Gasteiger charge is -2.14. The minimum absolute atomic E-state index is 0.0470. The molecule has 0 spiro atoms. The molecule has 0 amide bonds. The average Bonchev–Trinajstić information content (AvgIpc) is 2.74. The van der Waals surface area contributed by atoms with E-state index in [1.807, 2.05) is 24.3 Å². The number of carbonyl (C=O) groups is 1. The van der Waals surface area contributed by atoms with E-state index >= 15 is 0 Å². The number of ether oxygens (including phenoxy) is 3. The first kappa shape index (κ1) is 23.2. The quantitative estimate of drug-likeness (QED) is 0.344. The van der Waals surface area contributed by atoms with E-state index in [0.29, 0.717) is 51.1 Å². The molecule has 0 N–H and O–H groups in total. The molecule has 0 aliphatic carbocycles. The smallest absolute Gasteiger partial charge is 0.254 e. The van der Waals surface area contributed by atoms with Gasteiger partial charge in [0.1, 0.15) is 12.4 Å². The van der Waals surface area contributed by atoms with Gasteiger partial charge < -0.3 is 18.8 Å². The van der Waals surface area contributed by atoms with Crippen LogP contribution in [0.25, 0.3) is 10.9 Å². The van der Waals surface area contributed by atoms with Crippen LogP contribution in [0, 0.1) is 0 Å². The standard InChI is InChI=1S/C22H29NO5S/c1-3-5-10-23-19-9-7-6-8-18(19)20(17-21(23)24)28-14-13-26-11-12-27-15-16-29-22(25)4-2/h4,6-9,17H,2-3,5,10-16H2,1H3. The van der Waals surface area contributed by atoms with Crippen LogP contribution in [-0.2, 0) is 20.8 Å². The Hall–Kier alpha value is -2.09. The van der Waals surface area contributed by atoms with Crippen molar-refractivity contribution in [2.24, 2.45) is 0 Å². The molecule has 0 atom stereocenters. The number of unbranched alkanes of at least 4 members (excludes halogenated alkanes) is 1. The molecule has 0 bridgehead atoms. The van der Waals surface area contributed by atoms with Crippen molar-refractivity contribution in [2.45, 2.75) is 26.3 Å². The fraction of sp³-hybridized carbons (Fsp3) is 0.455. The van der Waals surface area contributed by atoms with Crippen LogP contribution in [0.3, 0.4) is 0 Å². The van der Waals surface area contributed by atoms with Crippen LogP contribution in [0.4, 0.5) is 0 Å². The number of hydrogen-bond donors (Lipinski definition) is 0. The van der Waals surface area contributed by atoms with Gasteiger partial charge in [-0.2, -0.15) is 0 Å². The summed E-state index contributed by atoms with van der Waals surface area (Å²) < 4.78 is 18.5. The number of hydrogen-bond acceptors (Lipinski definition) is 6. The van der Waals surface area contributed by atoms with Crippen LogP contribution in [0.15, 0.2) is 47.8 Å². The summed E-state index contributed by atoms with van der Waals surface area (Å²) in [6.07, 6.45) is 3.29. The number of thioether (sulfide) groups is 1. The van der Waals surface area contributed by atoms with Gasteiger partial charge in [-0.3, -0.25) is 9.59 Å². The van der Waals surface area contributed by atoms with Gasteiger partial charge in [0, 0.05) is 23.8 Å². The SMILES string of the molecule is C=CC(=O)SCCOCCOCCOc1cc(=O)n(CCCC)c2ccccc12. The van der Waals surface area contributed by atoms with Crippen LogP contribution < -0.4 is 10.3 Å². The van der Waals surface area contributed by atoms with Crippen LogP contribution in [0.2, 0.25) is 0 Å². The molecule has 2 aromatic rings. The van der Waals surface area contributed by atoms with Crippen molar-refractivity contribution in [1.29, 1.82) is 0 Å². The van der Waals surface area contributed by atoms with Crippen molar-refractivity contribution in [3.8, 4) is 5.75 Å². The maximum atomic E-state index is 12.5.